The summed E-state index contributed by atoms with van der Waals surface area (Å²) in [6.45, 7) is 33.9. The summed E-state index contributed by atoms with van der Waals surface area (Å²) in [6.07, 6.45) is 1.58. The summed E-state index contributed by atoms with van der Waals surface area (Å²) < 4.78 is 33.5. The molecule has 258 valence electrons. The summed E-state index contributed by atoms with van der Waals surface area (Å²) in [5, 5.41) is 10.4. The highest BCUT2D eigenvalue weighted by Crippen LogP contribution is 2.41. The van der Waals surface area contributed by atoms with Crippen molar-refractivity contribution in [3.05, 3.63) is 35.9 Å². The van der Waals surface area contributed by atoms with E-state index in [-0.39, 0.29) is 40.9 Å². The van der Waals surface area contributed by atoms with E-state index in [0.29, 0.717) is 32.2 Å². The van der Waals surface area contributed by atoms with Crippen LogP contribution in [-0.2, 0) is 29.4 Å². The van der Waals surface area contributed by atoms with Crippen molar-refractivity contribution in [2.24, 2.45) is 11.8 Å². The maximum absolute atomic E-state index is 10.3. The first kappa shape index (κ1) is 41.7. The van der Waals surface area contributed by atoms with Crippen LogP contribution in [0.2, 0.25) is 55.9 Å². The Kier molecular flexibility index (Phi) is 16.7. The van der Waals surface area contributed by atoms with Gasteiger partial charge in [-0.25, -0.2) is 0 Å². The molecule has 6 nitrogen and oxygen atoms in total. The first-order valence-electron chi connectivity index (χ1n) is 16.8. The van der Waals surface area contributed by atoms with Gasteiger partial charge >= 0.3 is 0 Å². The molecule has 0 radical (unpaired) electrons. The zero-order chi connectivity index (χ0) is 34.0. The molecule has 0 saturated heterocycles. The van der Waals surface area contributed by atoms with Crippen LogP contribution in [0.1, 0.15) is 73.3 Å². The predicted molar refractivity (Wildman–Crippen MR) is 194 cm³/mol. The second kappa shape index (κ2) is 17.7. The van der Waals surface area contributed by atoms with Gasteiger partial charge in [0.05, 0.1) is 18.8 Å². The minimum atomic E-state index is -2.16. The fourth-order valence-corrected chi connectivity index (χ4v) is 8.52. The normalized spacial score (nSPS) is 17.3. The number of rotatable bonds is 20. The van der Waals surface area contributed by atoms with Crippen molar-refractivity contribution in [1.29, 1.82) is 0 Å². The Labute approximate surface area is 275 Å². The number of hydrogen-bond donors (Lipinski definition) is 1. The van der Waals surface area contributed by atoms with Gasteiger partial charge in [-0.3, -0.25) is 0 Å². The molecule has 0 aliphatic heterocycles. The predicted octanol–water partition coefficient (Wildman–Crippen LogP) is 9.27. The van der Waals surface area contributed by atoms with Crippen molar-refractivity contribution >= 4 is 25.0 Å². The summed E-state index contributed by atoms with van der Waals surface area (Å²) in [6, 6.07) is 10.3. The van der Waals surface area contributed by atoms with Crippen LogP contribution in [-0.4, -0.2) is 75.3 Å². The number of aliphatic hydroxyl groups is 1. The monoisotopic (exact) mass is 670 g/mol. The van der Waals surface area contributed by atoms with E-state index in [1.807, 2.05) is 18.2 Å². The molecule has 44 heavy (non-hydrogen) atoms. The molecule has 0 aliphatic rings. The van der Waals surface area contributed by atoms with E-state index in [2.05, 4.69) is 106 Å². The van der Waals surface area contributed by atoms with Crippen molar-refractivity contribution in [2.75, 3.05) is 26.9 Å². The highest BCUT2D eigenvalue weighted by molar-refractivity contribution is 6.74. The number of hydrogen-bond acceptors (Lipinski definition) is 6. The second-order valence-corrected chi connectivity index (χ2v) is 30.8. The van der Waals surface area contributed by atoms with Crippen LogP contribution in [0.4, 0.5) is 0 Å². The Balaban J connectivity index is 3.35. The van der Waals surface area contributed by atoms with Gasteiger partial charge in [-0.1, -0.05) is 78.8 Å². The topological polar surface area (TPSA) is 66.4 Å². The molecule has 1 aromatic carbocycles. The molecule has 0 saturated carbocycles. The molecule has 0 fully saturated rings. The third-order valence-corrected chi connectivity index (χ3v) is 19.6. The van der Waals surface area contributed by atoms with Crippen LogP contribution in [0.15, 0.2) is 30.3 Å². The van der Waals surface area contributed by atoms with E-state index < -0.39 is 25.0 Å². The molecule has 1 rings (SSSR count). The second-order valence-electron chi connectivity index (χ2n) is 16.8. The number of aliphatic hydroxyl groups excluding tert-OH is 1. The first-order chi connectivity index (χ1) is 20.0. The van der Waals surface area contributed by atoms with E-state index in [0.717, 1.165) is 12.8 Å². The molecule has 0 aliphatic carbocycles. The lowest BCUT2D eigenvalue weighted by Crippen LogP contribution is -2.55. The van der Waals surface area contributed by atoms with Gasteiger partial charge in [-0.2, -0.15) is 0 Å². The molecule has 0 heterocycles. The highest BCUT2D eigenvalue weighted by atomic mass is 28.4. The molecule has 0 unspecified atom stereocenters. The highest BCUT2D eigenvalue weighted by Gasteiger charge is 2.45. The van der Waals surface area contributed by atoms with Crippen LogP contribution >= 0.6 is 0 Å². The van der Waals surface area contributed by atoms with Crippen molar-refractivity contribution in [2.45, 2.75) is 149 Å². The Hall–Kier alpha value is -0.369. The van der Waals surface area contributed by atoms with Crippen molar-refractivity contribution in [3.63, 3.8) is 0 Å². The third-order valence-electron chi connectivity index (χ3n) is 9.56. The van der Waals surface area contributed by atoms with Crippen LogP contribution in [0.25, 0.3) is 0 Å². The van der Waals surface area contributed by atoms with E-state index in [4.69, 9.17) is 22.8 Å². The lowest BCUT2D eigenvalue weighted by Gasteiger charge is -2.45. The summed E-state index contributed by atoms with van der Waals surface area (Å²) in [4.78, 5) is 0. The molecule has 0 amide bonds. The molecular formula is C35H70O6Si3. The van der Waals surface area contributed by atoms with E-state index >= 15 is 0 Å². The standard InChI is InChI=1S/C35H70O6Si3/c1-28(26-38-27-29-19-17-16-18-20-29)25-30(21-23-36)32(41-42(9,10)11)33(37-8)31(40-44(14,15)35(5,6)7)22-24-39-43(12,13)34(2,3)4/h16-20,28,30-33,36H,21-27H2,1-15H3/t28-,30+,31-,32+,33+/m1/s1. The van der Waals surface area contributed by atoms with Gasteiger partial charge in [0.25, 0.3) is 0 Å². The van der Waals surface area contributed by atoms with E-state index in [1.165, 1.54) is 5.56 Å². The number of methoxy groups -OCH3 is 1. The molecule has 0 aromatic heterocycles. The SMILES string of the molecule is CO[C@H]([C@@H](O[Si](C)(C)C)[C@@H](CCO)C[C@@H](C)COCc1ccccc1)[C@@H](CCO[Si](C)(C)C(C)(C)C)O[Si](C)(C)C(C)(C)C. The Bertz CT molecular complexity index is 921. The van der Waals surface area contributed by atoms with Crippen LogP contribution in [0, 0.1) is 11.8 Å². The quantitative estimate of drug-likeness (QED) is 0.140. The summed E-state index contributed by atoms with van der Waals surface area (Å²) >= 11 is 0. The van der Waals surface area contributed by atoms with Crippen molar-refractivity contribution in [1.82, 2.24) is 0 Å². The zero-order valence-corrected chi connectivity index (χ0v) is 34.2. The maximum Gasteiger partial charge on any atom is 0.192 e. The summed E-state index contributed by atoms with van der Waals surface area (Å²) in [5.74, 6) is 0.390. The van der Waals surface area contributed by atoms with E-state index in [1.54, 1.807) is 7.11 Å². The minimum Gasteiger partial charge on any atom is -0.417 e. The van der Waals surface area contributed by atoms with Gasteiger partial charge in [0, 0.05) is 26.9 Å². The molecule has 9 heteroatoms. The maximum atomic E-state index is 10.3. The fourth-order valence-electron chi connectivity index (χ4n) is 4.95. The van der Waals surface area contributed by atoms with Crippen molar-refractivity contribution in [3.8, 4) is 0 Å². The molecule has 0 bridgehead atoms. The molecule has 5 atom stereocenters. The van der Waals surface area contributed by atoms with Gasteiger partial charge in [0.15, 0.2) is 25.0 Å². The van der Waals surface area contributed by atoms with Gasteiger partial charge in [0.2, 0.25) is 0 Å². The summed E-state index contributed by atoms with van der Waals surface area (Å²) in [5.41, 5.74) is 1.18. The van der Waals surface area contributed by atoms with Gasteiger partial charge < -0.3 is 27.9 Å². The lowest BCUT2D eigenvalue weighted by atomic mass is 9.85. The van der Waals surface area contributed by atoms with Gasteiger partial charge in [0.1, 0.15) is 6.10 Å². The lowest BCUT2D eigenvalue weighted by molar-refractivity contribution is -0.0992. The average molecular weight is 671 g/mol. The Morgan fingerprint density at radius 3 is 1.82 bits per heavy atom. The zero-order valence-electron chi connectivity index (χ0n) is 31.2. The van der Waals surface area contributed by atoms with Crippen LogP contribution in [0.3, 0.4) is 0 Å². The average Bonchev–Trinajstić information content (AvgIpc) is 2.86. The van der Waals surface area contributed by atoms with E-state index in [9.17, 15) is 5.11 Å². The molecule has 1 aromatic rings. The van der Waals surface area contributed by atoms with Gasteiger partial charge in [-0.05, 0) is 92.6 Å². The van der Waals surface area contributed by atoms with Crippen LogP contribution < -0.4 is 0 Å². The minimum absolute atomic E-state index is 0.0497. The Morgan fingerprint density at radius 2 is 1.34 bits per heavy atom. The molecule has 1 N–H and O–H groups in total. The largest absolute Gasteiger partial charge is 0.417 e. The fraction of sp³-hybridized carbons (Fsp3) is 0.829. The molecule has 0 spiro atoms. The number of benzene rings is 1. The first-order valence-corrected chi connectivity index (χ1v) is 26.0. The summed E-state index contributed by atoms with van der Waals surface area (Å²) in [7, 11) is -4.29. The molecular weight excluding hydrogens is 601 g/mol. The van der Waals surface area contributed by atoms with Gasteiger partial charge in [-0.15, -0.1) is 0 Å². The van der Waals surface area contributed by atoms with Crippen LogP contribution in [0.5, 0.6) is 0 Å². The Morgan fingerprint density at radius 1 is 0.773 bits per heavy atom. The van der Waals surface area contributed by atoms with Crippen molar-refractivity contribution < 1.29 is 27.9 Å². The smallest absolute Gasteiger partial charge is 0.192 e. The number of ether oxygens (including phenoxy) is 2. The third kappa shape index (κ3) is 14.2.